The van der Waals surface area contributed by atoms with E-state index in [4.69, 9.17) is 10.8 Å². The fraction of sp³-hybridized carbons (Fsp3) is 0.500. The number of hydrogen-bond acceptors (Lipinski definition) is 4. The lowest BCUT2D eigenvalue weighted by Crippen LogP contribution is -2.29. The van der Waals surface area contributed by atoms with Crippen molar-refractivity contribution >= 4 is 10.0 Å². The summed E-state index contributed by atoms with van der Waals surface area (Å²) in [7, 11) is -1.97. The Hall–Kier alpha value is -0.950. The molecule has 102 valence electrons. The second-order valence-electron chi connectivity index (χ2n) is 4.21. The van der Waals surface area contributed by atoms with Crippen LogP contribution in [0.3, 0.4) is 0 Å². The van der Waals surface area contributed by atoms with Gasteiger partial charge >= 0.3 is 0 Å². The molecule has 0 saturated heterocycles. The molecule has 5 nitrogen and oxygen atoms in total. The first-order valence-electron chi connectivity index (χ1n) is 5.80. The third-order valence-corrected chi connectivity index (χ3v) is 4.81. The Kier molecular flexibility index (Phi) is 5.28. The van der Waals surface area contributed by atoms with Crippen LogP contribution in [0.4, 0.5) is 0 Å². The number of sulfonamides is 1. The van der Waals surface area contributed by atoms with Crippen molar-refractivity contribution in [2.75, 3.05) is 20.2 Å². The van der Waals surface area contributed by atoms with Crippen LogP contribution in [-0.4, -0.2) is 38.0 Å². The molecular formula is C12H20N2O3S. The van der Waals surface area contributed by atoms with Gasteiger partial charge in [0, 0.05) is 26.7 Å². The molecule has 1 rings (SSSR count). The van der Waals surface area contributed by atoms with Gasteiger partial charge in [-0.15, -0.1) is 0 Å². The molecule has 0 bridgehead atoms. The van der Waals surface area contributed by atoms with Crippen LogP contribution in [0.5, 0.6) is 0 Å². The van der Waals surface area contributed by atoms with E-state index in [1.807, 2.05) is 0 Å². The fourth-order valence-corrected chi connectivity index (χ4v) is 3.12. The zero-order valence-electron chi connectivity index (χ0n) is 10.8. The Bertz CT molecular complexity index is 500. The minimum atomic E-state index is -3.49. The van der Waals surface area contributed by atoms with Gasteiger partial charge in [0.15, 0.2) is 0 Å². The Morgan fingerprint density at radius 2 is 2.06 bits per heavy atom. The first-order valence-corrected chi connectivity index (χ1v) is 7.24. The lowest BCUT2D eigenvalue weighted by atomic mass is 10.1. The van der Waals surface area contributed by atoms with Crippen LogP contribution in [0.1, 0.15) is 17.5 Å². The van der Waals surface area contributed by atoms with E-state index in [0.29, 0.717) is 30.0 Å². The summed E-state index contributed by atoms with van der Waals surface area (Å²) in [6, 6.07) is 5.09. The summed E-state index contributed by atoms with van der Waals surface area (Å²) in [5, 5.41) is 8.74. The van der Waals surface area contributed by atoms with Gasteiger partial charge in [0.05, 0.1) is 4.90 Å². The molecule has 0 atom stereocenters. The van der Waals surface area contributed by atoms with E-state index in [0.717, 1.165) is 5.56 Å². The summed E-state index contributed by atoms with van der Waals surface area (Å²) in [5.41, 5.74) is 7.11. The molecule has 0 fully saturated rings. The van der Waals surface area contributed by atoms with E-state index in [9.17, 15) is 8.42 Å². The zero-order valence-corrected chi connectivity index (χ0v) is 11.6. The van der Waals surface area contributed by atoms with E-state index in [1.165, 1.54) is 11.4 Å². The third-order valence-electron chi connectivity index (χ3n) is 2.79. The standard InChI is InChI=1S/C12H20N2O3S/c1-10-8-11(9-13)4-5-12(10)18(16,17)14(2)6-3-7-15/h4-5,8,15H,3,6-7,9,13H2,1-2H3. The minimum absolute atomic E-state index is 0.0229. The van der Waals surface area contributed by atoms with Crippen LogP contribution in [0, 0.1) is 6.92 Å². The van der Waals surface area contributed by atoms with Crippen LogP contribution < -0.4 is 5.73 Å². The van der Waals surface area contributed by atoms with Gasteiger partial charge in [-0.2, -0.15) is 0 Å². The van der Waals surface area contributed by atoms with E-state index in [2.05, 4.69) is 0 Å². The van der Waals surface area contributed by atoms with Crippen molar-refractivity contribution in [3.05, 3.63) is 29.3 Å². The molecule has 18 heavy (non-hydrogen) atoms. The molecule has 0 amide bonds. The summed E-state index contributed by atoms with van der Waals surface area (Å²) in [6.07, 6.45) is 0.426. The molecule has 0 aliphatic carbocycles. The summed E-state index contributed by atoms with van der Waals surface area (Å²) in [6.45, 7) is 2.43. The number of aliphatic hydroxyl groups is 1. The molecule has 1 aromatic rings. The van der Waals surface area contributed by atoms with Gasteiger partial charge < -0.3 is 10.8 Å². The maximum absolute atomic E-state index is 12.3. The molecule has 0 spiro atoms. The van der Waals surface area contributed by atoms with E-state index in [-0.39, 0.29) is 6.61 Å². The van der Waals surface area contributed by atoms with Crippen molar-refractivity contribution in [3.8, 4) is 0 Å². The third kappa shape index (κ3) is 3.29. The second-order valence-corrected chi connectivity index (χ2v) is 6.22. The molecule has 0 aromatic heterocycles. The Labute approximate surface area is 108 Å². The zero-order chi connectivity index (χ0) is 13.8. The van der Waals surface area contributed by atoms with Gasteiger partial charge in [-0.1, -0.05) is 12.1 Å². The van der Waals surface area contributed by atoms with Crippen LogP contribution >= 0.6 is 0 Å². The van der Waals surface area contributed by atoms with Gasteiger partial charge in [0.2, 0.25) is 10.0 Å². The number of aliphatic hydroxyl groups excluding tert-OH is 1. The molecular weight excluding hydrogens is 252 g/mol. The predicted octanol–water partition coefficient (Wildman–Crippen LogP) is 0.457. The van der Waals surface area contributed by atoms with Crippen LogP contribution in [0.2, 0.25) is 0 Å². The van der Waals surface area contributed by atoms with Crippen LogP contribution in [0.25, 0.3) is 0 Å². The predicted molar refractivity (Wildman–Crippen MR) is 70.6 cm³/mol. The molecule has 6 heteroatoms. The van der Waals surface area contributed by atoms with Crippen molar-refractivity contribution in [2.24, 2.45) is 5.73 Å². The van der Waals surface area contributed by atoms with E-state index < -0.39 is 10.0 Å². The monoisotopic (exact) mass is 272 g/mol. The van der Waals surface area contributed by atoms with Gasteiger partial charge in [-0.3, -0.25) is 0 Å². The van der Waals surface area contributed by atoms with Crippen molar-refractivity contribution in [2.45, 2.75) is 24.8 Å². The number of nitrogens with zero attached hydrogens (tertiary/aromatic N) is 1. The molecule has 3 N–H and O–H groups in total. The molecule has 1 aromatic carbocycles. The van der Waals surface area contributed by atoms with Gasteiger partial charge in [-0.05, 0) is 30.5 Å². The Morgan fingerprint density at radius 1 is 1.39 bits per heavy atom. The highest BCUT2D eigenvalue weighted by atomic mass is 32.2. The maximum atomic E-state index is 12.3. The lowest BCUT2D eigenvalue weighted by Gasteiger charge is -2.18. The smallest absolute Gasteiger partial charge is 0.243 e. The van der Waals surface area contributed by atoms with Gasteiger partial charge in [0.25, 0.3) is 0 Å². The van der Waals surface area contributed by atoms with Crippen molar-refractivity contribution in [1.29, 1.82) is 0 Å². The largest absolute Gasteiger partial charge is 0.396 e. The number of benzene rings is 1. The highest BCUT2D eigenvalue weighted by Gasteiger charge is 2.22. The van der Waals surface area contributed by atoms with E-state index in [1.54, 1.807) is 25.1 Å². The van der Waals surface area contributed by atoms with E-state index >= 15 is 0 Å². The second kappa shape index (κ2) is 6.29. The van der Waals surface area contributed by atoms with Crippen LogP contribution in [-0.2, 0) is 16.6 Å². The number of nitrogens with two attached hydrogens (primary N) is 1. The molecule has 0 aliphatic heterocycles. The first kappa shape index (κ1) is 15.1. The van der Waals surface area contributed by atoms with Crippen molar-refractivity contribution in [1.82, 2.24) is 4.31 Å². The van der Waals surface area contributed by atoms with Crippen molar-refractivity contribution in [3.63, 3.8) is 0 Å². The summed E-state index contributed by atoms with van der Waals surface area (Å²) >= 11 is 0. The molecule has 0 radical (unpaired) electrons. The lowest BCUT2D eigenvalue weighted by molar-refractivity contribution is 0.275. The molecule has 0 heterocycles. The molecule has 0 saturated carbocycles. The summed E-state index contributed by atoms with van der Waals surface area (Å²) in [5.74, 6) is 0. The molecule has 0 unspecified atom stereocenters. The highest BCUT2D eigenvalue weighted by Crippen LogP contribution is 2.20. The Balaban J connectivity index is 3.05. The number of aryl methyl sites for hydroxylation is 1. The SMILES string of the molecule is Cc1cc(CN)ccc1S(=O)(=O)N(C)CCCO. The summed E-state index contributed by atoms with van der Waals surface area (Å²) < 4.78 is 25.8. The Morgan fingerprint density at radius 3 is 2.56 bits per heavy atom. The van der Waals surface area contributed by atoms with Gasteiger partial charge in [-0.25, -0.2) is 12.7 Å². The molecule has 0 aliphatic rings. The summed E-state index contributed by atoms with van der Waals surface area (Å²) in [4.78, 5) is 0.292. The maximum Gasteiger partial charge on any atom is 0.243 e. The minimum Gasteiger partial charge on any atom is -0.396 e. The fourth-order valence-electron chi connectivity index (χ4n) is 1.71. The quantitative estimate of drug-likeness (QED) is 0.788. The number of hydrogen-bond donors (Lipinski definition) is 2. The topological polar surface area (TPSA) is 83.6 Å². The number of rotatable bonds is 6. The average molecular weight is 272 g/mol. The van der Waals surface area contributed by atoms with Gasteiger partial charge in [0.1, 0.15) is 0 Å². The van der Waals surface area contributed by atoms with Crippen LogP contribution in [0.15, 0.2) is 23.1 Å². The highest BCUT2D eigenvalue weighted by molar-refractivity contribution is 7.89. The first-order chi connectivity index (χ1) is 8.43. The average Bonchev–Trinajstić information content (AvgIpc) is 2.35. The normalized spacial score (nSPS) is 12.1. The van der Waals surface area contributed by atoms with Crippen molar-refractivity contribution < 1.29 is 13.5 Å².